The lowest BCUT2D eigenvalue weighted by molar-refractivity contribution is 0.224. The van der Waals surface area contributed by atoms with E-state index in [1.54, 1.807) is 31.2 Å². The van der Waals surface area contributed by atoms with E-state index < -0.39 is 6.10 Å². The van der Waals surface area contributed by atoms with E-state index in [1.807, 2.05) is 0 Å². The van der Waals surface area contributed by atoms with Gasteiger partial charge in [-0.05, 0) is 36.2 Å². The highest BCUT2D eigenvalue weighted by atomic mass is 35.5. The summed E-state index contributed by atoms with van der Waals surface area (Å²) in [6, 6.07) is 8.11. The zero-order valence-electron chi connectivity index (χ0n) is 8.58. The standard InChI is InChI=1S/C12H10ClFOS/c1-7-6-8(2-3-9(7)14)12(15)10-4-5-11(13)16-10/h2-6,12,15H,1H3. The molecule has 1 aromatic carbocycles. The molecule has 1 heterocycles. The summed E-state index contributed by atoms with van der Waals surface area (Å²) in [5.74, 6) is -0.264. The van der Waals surface area contributed by atoms with Crippen molar-refractivity contribution >= 4 is 22.9 Å². The first-order valence-electron chi connectivity index (χ1n) is 4.77. The Balaban J connectivity index is 2.33. The molecule has 0 aliphatic heterocycles. The Labute approximate surface area is 102 Å². The van der Waals surface area contributed by atoms with Crippen molar-refractivity contribution in [3.05, 3.63) is 56.5 Å². The van der Waals surface area contributed by atoms with E-state index in [9.17, 15) is 9.50 Å². The predicted molar refractivity (Wildman–Crippen MR) is 64.5 cm³/mol. The van der Waals surface area contributed by atoms with Crippen molar-refractivity contribution in [1.29, 1.82) is 0 Å². The second kappa shape index (κ2) is 4.53. The molecule has 2 rings (SSSR count). The molecular formula is C12H10ClFOS. The Hall–Kier alpha value is -0.900. The van der Waals surface area contributed by atoms with Crippen LogP contribution in [0.5, 0.6) is 0 Å². The first-order valence-corrected chi connectivity index (χ1v) is 5.96. The van der Waals surface area contributed by atoms with Crippen molar-refractivity contribution in [3.63, 3.8) is 0 Å². The molecule has 16 heavy (non-hydrogen) atoms. The number of hydrogen-bond acceptors (Lipinski definition) is 2. The third kappa shape index (κ3) is 2.26. The Morgan fingerprint density at radius 1 is 1.31 bits per heavy atom. The Kier molecular flexibility index (Phi) is 3.28. The molecule has 0 radical (unpaired) electrons. The molecule has 0 amide bonds. The van der Waals surface area contributed by atoms with Crippen molar-refractivity contribution in [2.45, 2.75) is 13.0 Å². The van der Waals surface area contributed by atoms with Crippen LogP contribution in [0.15, 0.2) is 30.3 Å². The van der Waals surface area contributed by atoms with E-state index in [0.29, 0.717) is 15.5 Å². The number of hydrogen-bond donors (Lipinski definition) is 1. The van der Waals surface area contributed by atoms with Gasteiger partial charge < -0.3 is 5.11 Å². The molecule has 1 unspecified atom stereocenters. The number of rotatable bonds is 2. The summed E-state index contributed by atoms with van der Waals surface area (Å²) in [5, 5.41) is 10.0. The van der Waals surface area contributed by atoms with Crippen LogP contribution in [0.3, 0.4) is 0 Å². The smallest absolute Gasteiger partial charge is 0.126 e. The van der Waals surface area contributed by atoms with E-state index >= 15 is 0 Å². The molecule has 1 aromatic heterocycles. The lowest BCUT2D eigenvalue weighted by Crippen LogP contribution is -1.98. The summed E-state index contributed by atoms with van der Waals surface area (Å²) < 4.78 is 13.7. The summed E-state index contributed by atoms with van der Waals surface area (Å²) in [6.07, 6.45) is -0.739. The average Bonchev–Trinajstić information content (AvgIpc) is 2.68. The van der Waals surface area contributed by atoms with Gasteiger partial charge in [0, 0.05) is 4.88 Å². The quantitative estimate of drug-likeness (QED) is 0.863. The Morgan fingerprint density at radius 3 is 2.62 bits per heavy atom. The highest BCUT2D eigenvalue weighted by molar-refractivity contribution is 7.16. The van der Waals surface area contributed by atoms with Crippen molar-refractivity contribution < 1.29 is 9.50 Å². The minimum Gasteiger partial charge on any atom is -0.383 e. The molecule has 0 bridgehead atoms. The second-order valence-electron chi connectivity index (χ2n) is 3.55. The van der Waals surface area contributed by atoms with Gasteiger partial charge in [0.1, 0.15) is 11.9 Å². The maximum absolute atomic E-state index is 13.1. The van der Waals surface area contributed by atoms with Gasteiger partial charge in [0.05, 0.1) is 4.34 Å². The predicted octanol–water partition coefficient (Wildman–Crippen LogP) is 3.93. The fourth-order valence-electron chi connectivity index (χ4n) is 1.48. The van der Waals surface area contributed by atoms with Crippen molar-refractivity contribution in [2.75, 3.05) is 0 Å². The van der Waals surface area contributed by atoms with E-state index in [2.05, 4.69) is 0 Å². The van der Waals surface area contributed by atoms with E-state index in [-0.39, 0.29) is 5.82 Å². The maximum Gasteiger partial charge on any atom is 0.126 e. The van der Waals surface area contributed by atoms with Crippen LogP contribution in [-0.4, -0.2) is 5.11 Å². The second-order valence-corrected chi connectivity index (χ2v) is 5.30. The molecule has 1 atom stereocenters. The largest absolute Gasteiger partial charge is 0.383 e. The van der Waals surface area contributed by atoms with Crippen LogP contribution >= 0.6 is 22.9 Å². The first-order chi connectivity index (χ1) is 7.58. The lowest BCUT2D eigenvalue weighted by atomic mass is 10.1. The number of halogens is 2. The lowest BCUT2D eigenvalue weighted by Gasteiger charge is -2.09. The molecule has 4 heteroatoms. The maximum atomic E-state index is 13.1. The first kappa shape index (κ1) is 11.6. The molecule has 1 nitrogen and oxygen atoms in total. The van der Waals surface area contributed by atoms with Gasteiger partial charge in [0.15, 0.2) is 0 Å². The summed E-state index contributed by atoms with van der Waals surface area (Å²) in [6.45, 7) is 1.67. The van der Waals surface area contributed by atoms with Crippen LogP contribution < -0.4 is 0 Å². The minimum atomic E-state index is -0.739. The van der Waals surface area contributed by atoms with Crippen LogP contribution in [0.4, 0.5) is 4.39 Å². The molecule has 0 spiro atoms. The van der Waals surface area contributed by atoms with Crippen molar-refractivity contribution in [3.8, 4) is 0 Å². The van der Waals surface area contributed by atoms with Gasteiger partial charge in [-0.2, -0.15) is 0 Å². The highest BCUT2D eigenvalue weighted by Gasteiger charge is 2.13. The molecule has 0 fully saturated rings. The van der Waals surface area contributed by atoms with Gasteiger partial charge in [0.25, 0.3) is 0 Å². The van der Waals surface area contributed by atoms with Gasteiger partial charge in [0.2, 0.25) is 0 Å². The third-order valence-corrected chi connectivity index (χ3v) is 3.64. The Bertz CT molecular complexity index is 509. The zero-order chi connectivity index (χ0) is 11.7. The number of thiophene rings is 1. The Morgan fingerprint density at radius 2 is 2.06 bits per heavy atom. The monoisotopic (exact) mass is 256 g/mol. The average molecular weight is 257 g/mol. The van der Waals surface area contributed by atoms with Crippen molar-refractivity contribution in [1.82, 2.24) is 0 Å². The number of benzene rings is 1. The molecular weight excluding hydrogens is 247 g/mol. The number of aryl methyl sites for hydroxylation is 1. The van der Waals surface area contributed by atoms with E-state index in [4.69, 9.17) is 11.6 Å². The zero-order valence-corrected chi connectivity index (χ0v) is 10.1. The van der Waals surface area contributed by atoms with E-state index in [1.165, 1.54) is 17.4 Å². The molecule has 0 saturated carbocycles. The van der Waals surface area contributed by atoms with Crippen LogP contribution in [0.25, 0.3) is 0 Å². The molecule has 0 saturated heterocycles. The third-order valence-electron chi connectivity index (χ3n) is 2.36. The number of aliphatic hydroxyl groups excluding tert-OH is 1. The summed E-state index contributed by atoms with van der Waals surface area (Å²) in [5.41, 5.74) is 1.21. The molecule has 1 N–H and O–H groups in total. The minimum absolute atomic E-state index is 0.264. The highest BCUT2D eigenvalue weighted by Crippen LogP contribution is 2.31. The van der Waals surface area contributed by atoms with Gasteiger partial charge in [-0.15, -0.1) is 11.3 Å². The number of aliphatic hydroxyl groups is 1. The molecule has 84 valence electrons. The van der Waals surface area contributed by atoms with Gasteiger partial charge in [-0.25, -0.2) is 4.39 Å². The summed E-state index contributed by atoms with van der Waals surface area (Å²) in [4.78, 5) is 0.760. The van der Waals surface area contributed by atoms with Crippen LogP contribution in [-0.2, 0) is 0 Å². The normalized spacial score (nSPS) is 12.8. The van der Waals surface area contributed by atoms with Crippen molar-refractivity contribution in [2.24, 2.45) is 0 Å². The van der Waals surface area contributed by atoms with Crippen LogP contribution in [0, 0.1) is 12.7 Å². The van der Waals surface area contributed by atoms with Crippen LogP contribution in [0.1, 0.15) is 22.1 Å². The SMILES string of the molecule is Cc1cc(C(O)c2ccc(Cl)s2)ccc1F. The van der Waals surface area contributed by atoms with Gasteiger partial charge in [-0.3, -0.25) is 0 Å². The molecule has 0 aliphatic carbocycles. The molecule has 0 aliphatic rings. The topological polar surface area (TPSA) is 20.2 Å². The van der Waals surface area contributed by atoms with Gasteiger partial charge in [-0.1, -0.05) is 23.7 Å². The fourth-order valence-corrected chi connectivity index (χ4v) is 2.55. The van der Waals surface area contributed by atoms with Crippen LogP contribution in [0.2, 0.25) is 4.34 Å². The van der Waals surface area contributed by atoms with E-state index in [0.717, 1.165) is 4.88 Å². The fraction of sp³-hybridized carbons (Fsp3) is 0.167. The summed E-state index contributed by atoms with van der Waals surface area (Å²) >= 11 is 7.12. The summed E-state index contributed by atoms with van der Waals surface area (Å²) in [7, 11) is 0. The molecule has 2 aromatic rings. The van der Waals surface area contributed by atoms with Gasteiger partial charge >= 0.3 is 0 Å².